The maximum absolute atomic E-state index is 12.7. The van der Waals surface area contributed by atoms with Gasteiger partial charge in [-0.2, -0.15) is 13.2 Å². The number of rotatable bonds is 6. The van der Waals surface area contributed by atoms with Gasteiger partial charge in [-0.05, 0) is 46.9 Å². The summed E-state index contributed by atoms with van der Waals surface area (Å²) in [6, 6.07) is 11.4. The van der Waals surface area contributed by atoms with Gasteiger partial charge in [-0.1, -0.05) is 11.6 Å². The number of hydrogen-bond acceptors (Lipinski definition) is 8. The van der Waals surface area contributed by atoms with Gasteiger partial charge in [-0.3, -0.25) is 0 Å². The molecular weight excluding hydrogens is 529 g/mol. The fourth-order valence-electron chi connectivity index (χ4n) is 3.06. The number of carbonyl (C=O) groups excluding carboxylic acids is 1. The topological polar surface area (TPSA) is 139 Å². The van der Waals surface area contributed by atoms with Crippen molar-refractivity contribution in [1.82, 2.24) is 24.0 Å². The van der Waals surface area contributed by atoms with E-state index in [0.717, 1.165) is 16.7 Å². The predicted molar refractivity (Wildman–Crippen MR) is 121 cm³/mol. The lowest BCUT2D eigenvalue weighted by molar-refractivity contribution is -0.219. The average molecular weight is 543 g/mol. The van der Waals surface area contributed by atoms with Gasteiger partial charge in [0.2, 0.25) is 0 Å². The Labute approximate surface area is 205 Å². The summed E-state index contributed by atoms with van der Waals surface area (Å²) in [6.07, 6.45) is -4.23. The van der Waals surface area contributed by atoms with Crippen LogP contribution in [-0.2, 0) is 19.7 Å². The maximum atomic E-state index is 12.7. The number of anilines is 2. The van der Waals surface area contributed by atoms with Crippen LogP contribution in [0.3, 0.4) is 0 Å². The second-order valence-electron chi connectivity index (χ2n) is 7.13. The Morgan fingerprint density at radius 3 is 2.50 bits per heavy atom. The lowest BCUT2D eigenvalue weighted by Crippen LogP contribution is -2.36. The maximum Gasteiger partial charge on any atom is 0.492 e. The number of benzene rings is 2. The molecular formula is C20H14ClF3N6O5S. The number of hydroxylamine groups is 1. The molecule has 0 saturated carbocycles. The highest BCUT2D eigenvalue weighted by molar-refractivity contribution is 7.89. The molecule has 4 rings (SSSR count). The van der Waals surface area contributed by atoms with E-state index in [1.54, 1.807) is 24.3 Å². The summed E-state index contributed by atoms with van der Waals surface area (Å²) in [4.78, 5) is 37.7. The third-order valence-electron chi connectivity index (χ3n) is 4.73. The van der Waals surface area contributed by atoms with Gasteiger partial charge in [0, 0.05) is 23.8 Å². The van der Waals surface area contributed by atoms with Gasteiger partial charge in [0.25, 0.3) is 10.0 Å². The number of carbonyl (C=O) groups is 1. The minimum Gasteiger partial charge on any atom is -0.345 e. The first-order valence-electron chi connectivity index (χ1n) is 9.74. The van der Waals surface area contributed by atoms with Crippen LogP contribution in [0.15, 0.2) is 64.5 Å². The normalized spacial score (nSPS) is 12.2. The van der Waals surface area contributed by atoms with Crippen molar-refractivity contribution >= 4 is 50.1 Å². The van der Waals surface area contributed by atoms with Crippen molar-refractivity contribution in [2.24, 2.45) is 0 Å². The predicted octanol–water partition coefficient (Wildman–Crippen LogP) is 3.15. The number of aromatic nitrogens is 4. The van der Waals surface area contributed by atoms with Gasteiger partial charge in [0.05, 0.1) is 15.9 Å². The van der Waals surface area contributed by atoms with Crippen molar-refractivity contribution in [3.05, 3.63) is 70.4 Å². The Balaban J connectivity index is 1.71. The Kier molecular flexibility index (Phi) is 6.46. The molecule has 11 nitrogen and oxygen atoms in total. The summed E-state index contributed by atoms with van der Waals surface area (Å²) < 4.78 is 63.7. The largest absolute Gasteiger partial charge is 0.492 e. The van der Waals surface area contributed by atoms with Gasteiger partial charge < -0.3 is 15.1 Å². The summed E-state index contributed by atoms with van der Waals surface area (Å²) in [5.41, 5.74) is 0.208. The van der Waals surface area contributed by atoms with E-state index in [9.17, 15) is 31.2 Å². The lowest BCUT2D eigenvalue weighted by atomic mass is 10.3. The number of halogens is 4. The van der Waals surface area contributed by atoms with Crippen LogP contribution < -0.4 is 11.0 Å². The summed E-state index contributed by atoms with van der Waals surface area (Å²) in [5, 5.41) is 3.53. The number of fused-ring (bicyclic) bond motifs is 1. The van der Waals surface area contributed by atoms with Crippen LogP contribution in [0, 0.1) is 0 Å². The summed E-state index contributed by atoms with van der Waals surface area (Å²) in [5.74, 6) is -2.36. The van der Waals surface area contributed by atoms with E-state index >= 15 is 0 Å². The molecule has 36 heavy (non-hydrogen) atoms. The van der Waals surface area contributed by atoms with E-state index in [0.29, 0.717) is 23.6 Å². The molecule has 0 fully saturated rings. The molecule has 0 amide bonds. The minimum atomic E-state index is -5.40. The number of nitrogens with zero attached hydrogens (tertiary/aromatic N) is 4. The number of aromatic amines is 1. The second kappa shape index (κ2) is 9.25. The molecule has 2 N–H and O–H groups in total. The third-order valence-corrected chi connectivity index (χ3v) is 6.59. The number of nitrogens with one attached hydrogen (secondary N) is 2. The molecule has 2 aromatic heterocycles. The number of imidazole rings is 1. The zero-order chi connectivity index (χ0) is 26.3. The first-order valence-corrected chi connectivity index (χ1v) is 11.6. The highest BCUT2D eigenvalue weighted by Crippen LogP contribution is 2.24. The van der Waals surface area contributed by atoms with Gasteiger partial charge in [0.15, 0.2) is 0 Å². The van der Waals surface area contributed by atoms with Crippen LogP contribution in [0.1, 0.15) is 0 Å². The SMILES string of the molecule is CN(OC(=O)C(F)(F)F)S(=O)(=O)c1ccc2[nH]c(=O)n(-c3cc(Nc4ccc(Cl)cc4)ncn3)c2c1. The monoisotopic (exact) mass is 542 g/mol. The zero-order valence-corrected chi connectivity index (χ0v) is 19.5. The van der Waals surface area contributed by atoms with E-state index in [1.807, 2.05) is 0 Å². The second-order valence-corrected chi connectivity index (χ2v) is 9.50. The molecule has 0 atom stereocenters. The molecule has 0 unspecified atom stereocenters. The van der Waals surface area contributed by atoms with Gasteiger partial charge in [0.1, 0.15) is 18.0 Å². The van der Waals surface area contributed by atoms with Gasteiger partial charge >= 0.3 is 17.8 Å². The molecule has 16 heteroatoms. The molecule has 0 bridgehead atoms. The van der Waals surface area contributed by atoms with Crippen LogP contribution in [-0.4, -0.2) is 51.6 Å². The van der Waals surface area contributed by atoms with E-state index < -0.39 is 32.8 Å². The molecule has 0 aliphatic heterocycles. The number of alkyl halides is 3. The van der Waals surface area contributed by atoms with Crippen LogP contribution in [0.4, 0.5) is 24.7 Å². The molecule has 0 saturated heterocycles. The van der Waals surface area contributed by atoms with Crippen LogP contribution in [0.25, 0.3) is 16.9 Å². The summed E-state index contributed by atoms with van der Waals surface area (Å²) >= 11 is 5.87. The molecule has 188 valence electrons. The number of H-pyrrole nitrogens is 1. The number of hydrogen-bond donors (Lipinski definition) is 2. The van der Waals surface area contributed by atoms with Crippen molar-refractivity contribution in [2.75, 3.05) is 12.4 Å². The standard InChI is InChI=1S/C20H14ClF3N6O5S/c1-29(35-18(31)20(22,23)24)36(33,34)13-6-7-14-15(8-13)30(19(32)28-14)17-9-16(25-10-26-17)27-12-4-2-11(21)3-5-12/h2-10H,1H3,(H,28,32)(H,25,26,27). The van der Waals surface area contributed by atoms with Crippen molar-refractivity contribution < 1.29 is 31.2 Å². The first-order chi connectivity index (χ1) is 16.9. The molecule has 0 aliphatic carbocycles. The summed E-state index contributed by atoms with van der Waals surface area (Å²) in [6.45, 7) is 0. The molecule has 4 aromatic rings. The molecule has 2 heterocycles. The van der Waals surface area contributed by atoms with Crippen LogP contribution >= 0.6 is 11.6 Å². The zero-order valence-electron chi connectivity index (χ0n) is 17.9. The Hall–Kier alpha value is -3.95. The quantitative estimate of drug-likeness (QED) is 0.354. The average Bonchev–Trinajstić information content (AvgIpc) is 3.15. The van der Waals surface area contributed by atoms with Crippen molar-refractivity contribution in [3.8, 4) is 5.82 Å². The van der Waals surface area contributed by atoms with Gasteiger partial charge in [-0.15, -0.1) is 0 Å². The van der Waals surface area contributed by atoms with Crippen molar-refractivity contribution in [2.45, 2.75) is 11.1 Å². The Morgan fingerprint density at radius 1 is 1.14 bits per heavy atom. The van der Waals surface area contributed by atoms with Crippen molar-refractivity contribution in [1.29, 1.82) is 0 Å². The van der Waals surface area contributed by atoms with E-state index in [1.165, 1.54) is 18.5 Å². The minimum absolute atomic E-state index is 0.0350. The highest BCUT2D eigenvalue weighted by atomic mass is 35.5. The van der Waals surface area contributed by atoms with Crippen molar-refractivity contribution in [3.63, 3.8) is 0 Å². The van der Waals surface area contributed by atoms with E-state index in [-0.39, 0.29) is 21.3 Å². The summed E-state index contributed by atoms with van der Waals surface area (Å²) in [7, 11) is -4.09. The lowest BCUT2D eigenvalue weighted by Gasteiger charge is -2.17. The Bertz CT molecular complexity index is 1620. The smallest absolute Gasteiger partial charge is 0.345 e. The van der Waals surface area contributed by atoms with E-state index in [2.05, 4.69) is 25.1 Å². The van der Waals surface area contributed by atoms with Crippen LogP contribution in [0.2, 0.25) is 5.02 Å². The Morgan fingerprint density at radius 2 is 1.83 bits per heavy atom. The molecule has 2 aromatic carbocycles. The van der Waals surface area contributed by atoms with E-state index in [4.69, 9.17) is 11.6 Å². The molecule has 0 aliphatic rings. The third kappa shape index (κ3) is 5.02. The fraction of sp³-hybridized carbons (Fsp3) is 0.100. The number of sulfonamides is 1. The van der Waals surface area contributed by atoms with Crippen LogP contribution in [0.5, 0.6) is 0 Å². The van der Waals surface area contributed by atoms with Gasteiger partial charge in [-0.25, -0.2) is 32.5 Å². The molecule has 0 radical (unpaired) electrons. The fourth-order valence-corrected chi connectivity index (χ4v) is 4.14. The first kappa shape index (κ1) is 25.2. The highest BCUT2D eigenvalue weighted by Gasteiger charge is 2.43. The molecule has 0 spiro atoms.